The first-order valence-electron chi connectivity index (χ1n) is 7.13. The SMILES string of the molecule is O=C(O)N1CCC(c2cc(=O)[nH]c(-c3ccncc3)n2)CC1. The third-order valence-corrected chi connectivity index (χ3v) is 3.90. The number of amides is 1. The number of H-pyrrole nitrogens is 1. The molecule has 1 saturated heterocycles. The highest BCUT2D eigenvalue weighted by molar-refractivity contribution is 5.65. The average Bonchev–Trinajstić information content (AvgIpc) is 2.55. The maximum atomic E-state index is 11.9. The Morgan fingerprint density at radius 3 is 2.59 bits per heavy atom. The molecule has 7 nitrogen and oxygen atoms in total. The van der Waals surface area contributed by atoms with Gasteiger partial charge in [0, 0.05) is 43.0 Å². The number of pyridine rings is 1. The highest BCUT2D eigenvalue weighted by atomic mass is 16.4. The lowest BCUT2D eigenvalue weighted by Crippen LogP contribution is -2.37. The van der Waals surface area contributed by atoms with Crippen molar-refractivity contribution in [1.82, 2.24) is 19.9 Å². The van der Waals surface area contributed by atoms with Gasteiger partial charge >= 0.3 is 6.09 Å². The van der Waals surface area contributed by atoms with E-state index in [-0.39, 0.29) is 11.5 Å². The van der Waals surface area contributed by atoms with Gasteiger partial charge in [-0.05, 0) is 25.0 Å². The van der Waals surface area contributed by atoms with Crippen LogP contribution >= 0.6 is 0 Å². The molecular formula is C15H16N4O3. The van der Waals surface area contributed by atoms with E-state index < -0.39 is 6.09 Å². The summed E-state index contributed by atoms with van der Waals surface area (Å²) in [5.74, 6) is 0.629. The van der Waals surface area contributed by atoms with E-state index in [4.69, 9.17) is 5.11 Å². The summed E-state index contributed by atoms with van der Waals surface area (Å²) < 4.78 is 0. The Kier molecular flexibility index (Phi) is 3.86. The number of carbonyl (C=O) groups is 1. The number of nitrogens with one attached hydrogen (secondary N) is 1. The second kappa shape index (κ2) is 5.97. The minimum Gasteiger partial charge on any atom is -0.465 e. The number of aromatic amines is 1. The smallest absolute Gasteiger partial charge is 0.407 e. The Labute approximate surface area is 126 Å². The molecule has 0 atom stereocenters. The van der Waals surface area contributed by atoms with E-state index in [2.05, 4.69) is 15.0 Å². The molecule has 2 aromatic rings. The standard InChI is InChI=1S/C15H16N4O3/c20-13-9-12(10-3-7-19(8-4-10)15(21)22)17-14(18-13)11-1-5-16-6-2-11/h1-2,5-6,9-10H,3-4,7-8H2,(H,21,22)(H,17,18,20). The fourth-order valence-electron chi connectivity index (χ4n) is 2.70. The number of rotatable bonds is 2. The number of likely N-dealkylation sites (tertiary alicyclic amines) is 1. The minimum absolute atomic E-state index is 0.110. The summed E-state index contributed by atoms with van der Waals surface area (Å²) in [7, 11) is 0. The molecule has 1 amide bonds. The van der Waals surface area contributed by atoms with E-state index in [0.29, 0.717) is 31.8 Å². The van der Waals surface area contributed by atoms with Crippen LogP contribution in [0.5, 0.6) is 0 Å². The molecule has 0 saturated carbocycles. The average molecular weight is 300 g/mol. The normalized spacial score (nSPS) is 15.7. The number of aromatic nitrogens is 3. The molecule has 3 rings (SSSR count). The van der Waals surface area contributed by atoms with Gasteiger partial charge in [-0.3, -0.25) is 9.78 Å². The third kappa shape index (κ3) is 2.98. The van der Waals surface area contributed by atoms with E-state index >= 15 is 0 Å². The van der Waals surface area contributed by atoms with Crippen LogP contribution in [0.15, 0.2) is 35.4 Å². The van der Waals surface area contributed by atoms with Crippen LogP contribution in [0.4, 0.5) is 4.79 Å². The van der Waals surface area contributed by atoms with Crippen molar-refractivity contribution >= 4 is 6.09 Å². The maximum Gasteiger partial charge on any atom is 0.407 e. The van der Waals surface area contributed by atoms with Gasteiger partial charge in [-0.1, -0.05) is 0 Å². The lowest BCUT2D eigenvalue weighted by molar-refractivity contribution is 0.131. The van der Waals surface area contributed by atoms with Gasteiger partial charge in [-0.25, -0.2) is 9.78 Å². The van der Waals surface area contributed by atoms with Crippen molar-refractivity contribution < 1.29 is 9.90 Å². The van der Waals surface area contributed by atoms with Crippen molar-refractivity contribution in [2.24, 2.45) is 0 Å². The first kappa shape index (κ1) is 14.2. The molecule has 1 aliphatic heterocycles. The first-order valence-corrected chi connectivity index (χ1v) is 7.13. The predicted octanol–water partition coefficient (Wildman–Crippen LogP) is 1.69. The number of nitrogens with zero attached hydrogens (tertiary/aromatic N) is 3. The molecule has 2 aromatic heterocycles. The number of carboxylic acid groups (broad SMARTS) is 1. The van der Waals surface area contributed by atoms with Crippen molar-refractivity contribution in [3.63, 3.8) is 0 Å². The van der Waals surface area contributed by atoms with E-state index in [0.717, 1.165) is 11.3 Å². The monoisotopic (exact) mass is 300 g/mol. The second-order valence-corrected chi connectivity index (χ2v) is 5.30. The summed E-state index contributed by atoms with van der Waals surface area (Å²) in [6, 6.07) is 5.08. The summed E-state index contributed by atoms with van der Waals surface area (Å²) in [4.78, 5) is 35.4. The Morgan fingerprint density at radius 1 is 1.27 bits per heavy atom. The van der Waals surface area contributed by atoms with Crippen LogP contribution < -0.4 is 5.56 Å². The van der Waals surface area contributed by atoms with E-state index in [1.165, 1.54) is 11.0 Å². The molecule has 7 heteroatoms. The molecule has 1 aliphatic rings. The summed E-state index contributed by atoms with van der Waals surface area (Å²) in [5, 5.41) is 8.98. The van der Waals surface area contributed by atoms with Gasteiger partial charge in [0.1, 0.15) is 5.82 Å². The van der Waals surface area contributed by atoms with Crippen molar-refractivity contribution in [1.29, 1.82) is 0 Å². The highest BCUT2D eigenvalue weighted by Gasteiger charge is 2.24. The summed E-state index contributed by atoms with van der Waals surface area (Å²) in [6.07, 6.45) is 3.76. The molecule has 0 aromatic carbocycles. The van der Waals surface area contributed by atoms with Crippen LogP contribution in [0.1, 0.15) is 24.5 Å². The summed E-state index contributed by atoms with van der Waals surface area (Å²) in [5.41, 5.74) is 1.33. The Bertz CT molecular complexity index is 721. The summed E-state index contributed by atoms with van der Waals surface area (Å²) in [6.45, 7) is 0.943. The van der Waals surface area contributed by atoms with Crippen LogP contribution in [-0.4, -0.2) is 44.1 Å². The zero-order valence-electron chi connectivity index (χ0n) is 11.9. The van der Waals surface area contributed by atoms with Crippen molar-refractivity contribution in [3.05, 3.63) is 46.6 Å². The molecule has 22 heavy (non-hydrogen) atoms. The van der Waals surface area contributed by atoms with Crippen molar-refractivity contribution in [3.8, 4) is 11.4 Å². The number of hydrogen-bond acceptors (Lipinski definition) is 4. The molecule has 1 fully saturated rings. The zero-order valence-corrected chi connectivity index (χ0v) is 11.9. The molecule has 114 valence electrons. The maximum absolute atomic E-state index is 11.9. The van der Waals surface area contributed by atoms with E-state index in [9.17, 15) is 9.59 Å². The molecule has 0 spiro atoms. The van der Waals surface area contributed by atoms with Crippen LogP contribution in [0, 0.1) is 0 Å². The van der Waals surface area contributed by atoms with Gasteiger partial charge in [0.2, 0.25) is 0 Å². The van der Waals surface area contributed by atoms with Crippen LogP contribution in [0.3, 0.4) is 0 Å². The number of hydrogen-bond donors (Lipinski definition) is 2. The second-order valence-electron chi connectivity index (χ2n) is 5.30. The highest BCUT2D eigenvalue weighted by Crippen LogP contribution is 2.27. The molecular weight excluding hydrogens is 284 g/mol. The van der Waals surface area contributed by atoms with E-state index in [1.807, 2.05) is 0 Å². The topological polar surface area (TPSA) is 99.2 Å². The van der Waals surface area contributed by atoms with E-state index in [1.54, 1.807) is 24.5 Å². The fraction of sp³-hybridized carbons (Fsp3) is 0.333. The fourth-order valence-corrected chi connectivity index (χ4v) is 2.70. The Morgan fingerprint density at radius 2 is 1.95 bits per heavy atom. The zero-order chi connectivity index (χ0) is 15.5. The van der Waals surface area contributed by atoms with Crippen molar-refractivity contribution in [2.45, 2.75) is 18.8 Å². The molecule has 0 aliphatic carbocycles. The van der Waals surface area contributed by atoms with Gasteiger partial charge in [-0.15, -0.1) is 0 Å². The first-order chi connectivity index (χ1) is 10.6. The van der Waals surface area contributed by atoms with Gasteiger partial charge in [0.25, 0.3) is 5.56 Å². The lowest BCUT2D eigenvalue weighted by atomic mass is 9.93. The Balaban J connectivity index is 1.85. The summed E-state index contributed by atoms with van der Waals surface area (Å²) >= 11 is 0. The van der Waals surface area contributed by atoms with Gasteiger partial charge < -0.3 is 15.0 Å². The minimum atomic E-state index is -0.894. The quantitative estimate of drug-likeness (QED) is 0.879. The van der Waals surface area contributed by atoms with Gasteiger partial charge in [-0.2, -0.15) is 0 Å². The van der Waals surface area contributed by atoms with Gasteiger partial charge in [0.05, 0.1) is 5.69 Å². The Hall–Kier alpha value is -2.70. The molecule has 2 N–H and O–H groups in total. The van der Waals surface area contributed by atoms with Crippen molar-refractivity contribution in [2.75, 3.05) is 13.1 Å². The molecule has 0 bridgehead atoms. The van der Waals surface area contributed by atoms with Crippen LogP contribution in [0.2, 0.25) is 0 Å². The van der Waals surface area contributed by atoms with Gasteiger partial charge in [0.15, 0.2) is 0 Å². The molecule has 0 radical (unpaired) electrons. The predicted molar refractivity (Wildman–Crippen MR) is 79.7 cm³/mol. The lowest BCUT2D eigenvalue weighted by Gasteiger charge is -2.29. The number of piperidine rings is 1. The van der Waals surface area contributed by atoms with Crippen LogP contribution in [-0.2, 0) is 0 Å². The largest absolute Gasteiger partial charge is 0.465 e. The van der Waals surface area contributed by atoms with Crippen LogP contribution in [0.25, 0.3) is 11.4 Å². The molecule has 0 unspecified atom stereocenters. The third-order valence-electron chi connectivity index (χ3n) is 3.90. The molecule has 3 heterocycles.